The molecule has 2 heteroatoms. The molecule has 0 aliphatic rings. The molecule has 55 heavy (non-hydrogen) atoms. The van der Waals surface area contributed by atoms with Gasteiger partial charge in [0, 0.05) is 23.2 Å². The number of hydrogen-bond acceptors (Lipinski definition) is 2. The van der Waals surface area contributed by atoms with Crippen LogP contribution in [0, 0.1) is 13.8 Å². The van der Waals surface area contributed by atoms with E-state index in [0.29, 0.717) is 11.8 Å². The van der Waals surface area contributed by atoms with Crippen LogP contribution in [0.25, 0.3) is 0 Å². The van der Waals surface area contributed by atoms with Crippen molar-refractivity contribution in [2.75, 3.05) is 11.5 Å². The summed E-state index contributed by atoms with van der Waals surface area (Å²) in [5.74, 6) is 0.859. The third-order valence-corrected chi connectivity index (χ3v) is 12.2. The molecule has 0 bridgehead atoms. The molecule has 0 heterocycles. The Kier molecular flexibility index (Phi) is 20.6. The molecule has 2 unspecified atom stereocenters. The van der Waals surface area contributed by atoms with E-state index in [-0.39, 0.29) is 0 Å². The highest BCUT2D eigenvalue weighted by Crippen LogP contribution is 2.35. The molecule has 4 N–H and O–H groups in total. The van der Waals surface area contributed by atoms with E-state index in [1.54, 1.807) is 0 Å². The molecule has 0 aromatic heterocycles. The summed E-state index contributed by atoms with van der Waals surface area (Å²) < 4.78 is 0. The SMILES string of the molecule is CCCCCCCCCCCC(c1ccc(CCCc2ccc(C(CCCCCCCCCCC)c3ccc(N)cc3C)cc2)cc1)c1ccc(N)cc1C. The predicted octanol–water partition coefficient (Wildman–Crippen LogP) is 15.7. The Morgan fingerprint density at radius 3 is 1.04 bits per heavy atom. The van der Waals surface area contributed by atoms with Gasteiger partial charge in [-0.1, -0.05) is 190 Å². The van der Waals surface area contributed by atoms with E-state index in [2.05, 4.69) is 113 Å². The number of unbranched alkanes of at least 4 members (excludes halogenated alkanes) is 16. The Morgan fingerprint density at radius 2 is 0.709 bits per heavy atom. The maximum atomic E-state index is 6.17. The summed E-state index contributed by atoms with van der Waals surface area (Å²) >= 11 is 0. The summed E-state index contributed by atoms with van der Waals surface area (Å²) in [6.45, 7) is 9.05. The van der Waals surface area contributed by atoms with Crippen molar-refractivity contribution in [1.29, 1.82) is 0 Å². The Hall–Kier alpha value is -3.52. The summed E-state index contributed by atoms with van der Waals surface area (Å²) in [5.41, 5.74) is 25.3. The summed E-state index contributed by atoms with van der Waals surface area (Å²) in [6, 6.07) is 32.2. The van der Waals surface area contributed by atoms with Gasteiger partial charge in [0.25, 0.3) is 0 Å². The van der Waals surface area contributed by atoms with Crippen LogP contribution in [0.5, 0.6) is 0 Å². The van der Waals surface area contributed by atoms with Crippen LogP contribution in [-0.2, 0) is 12.8 Å². The van der Waals surface area contributed by atoms with Crippen LogP contribution < -0.4 is 11.5 Å². The highest BCUT2D eigenvalue weighted by Gasteiger charge is 2.18. The van der Waals surface area contributed by atoms with Crippen LogP contribution in [0.1, 0.15) is 205 Å². The number of nitrogen functional groups attached to an aromatic ring is 2. The Morgan fingerprint density at radius 1 is 0.382 bits per heavy atom. The van der Waals surface area contributed by atoms with Gasteiger partial charge in [-0.15, -0.1) is 0 Å². The van der Waals surface area contributed by atoms with E-state index < -0.39 is 0 Å². The van der Waals surface area contributed by atoms with Gasteiger partial charge in [0.15, 0.2) is 0 Å². The number of nitrogens with two attached hydrogens (primary N) is 2. The number of rotatable bonds is 28. The monoisotopic (exact) mass is 743 g/mol. The quantitative estimate of drug-likeness (QED) is 0.0450. The van der Waals surface area contributed by atoms with E-state index in [1.807, 2.05) is 0 Å². The molecule has 0 radical (unpaired) electrons. The molecule has 0 saturated carbocycles. The molecule has 300 valence electrons. The molecule has 0 fully saturated rings. The van der Waals surface area contributed by atoms with E-state index >= 15 is 0 Å². The maximum absolute atomic E-state index is 6.17. The average Bonchev–Trinajstić information content (AvgIpc) is 3.18. The van der Waals surface area contributed by atoms with E-state index in [0.717, 1.165) is 30.6 Å². The molecule has 0 aliphatic carbocycles. The lowest BCUT2D eigenvalue weighted by molar-refractivity contribution is 0.545. The van der Waals surface area contributed by atoms with Crippen molar-refractivity contribution in [3.05, 3.63) is 129 Å². The van der Waals surface area contributed by atoms with Crippen molar-refractivity contribution >= 4 is 11.4 Å². The van der Waals surface area contributed by atoms with Crippen molar-refractivity contribution in [1.82, 2.24) is 0 Å². The first-order chi connectivity index (χ1) is 26.9. The lowest BCUT2D eigenvalue weighted by Crippen LogP contribution is -2.05. The first-order valence-electron chi connectivity index (χ1n) is 22.8. The Bertz CT molecular complexity index is 1480. The van der Waals surface area contributed by atoms with Gasteiger partial charge in [-0.2, -0.15) is 0 Å². The van der Waals surface area contributed by atoms with Gasteiger partial charge >= 0.3 is 0 Å². The minimum absolute atomic E-state index is 0.430. The van der Waals surface area contributed by atoms with Gasteiger partial charge < -0.3 is 11.5 Å². The van der Waals surface area contributed by atoms with E-state index in [4.69, 9.17) is 11.5 Å². The van der Waals surface area contributed by atoms with Gasteiger partial charge in [0.05, 0.1) is 0 Å². The zero-order valence-corrected chi connectivity index (χ0v) is 35.7. The fourth-order valence-corrected chi connectivity index (χ4v) is 8.83. The summed E-state index contributed by atoms with van der Waals surface area (Å²) in [7, 11) is 0. The highest BCUT2D eigenvalue weighted by molar-refractivity contribution is 5.49. The van der Waals surface area contributed by atoms with E-state index in [9.17, 15) is 0 Å². The average molecular weight is 743 g/mol. The minimum Gasteiger partial charge on any atom is -0.399 e. The molecule has 4 aromatic carbocycles. The van der Waals surface area contributed by atoms with Crippen molar-refractivity contribution < 1.29 is 0 Å². The lowest BCUT2D eigenvalue weighted by Gasteiger charge is -2.21. The van der Waals surface area contributed by atoms with Crippen LogP contribution >= 0.6 is 0 Å². The third kappa shape index (κ3) is 15.9. The van der Waals surface area contributed by atoms with Crippen molar-refractivity contribution in [3.63, 3.8) is 0 Å². The number of benzene rings is 4. The standard InChI is InChI=1S/C53H78N2/c1-5-7-9-11-13-15-17-19-21-26-52(50-38-36-48(54)40-42(50)3)46-32-28-44(29-33-46)24-23-25-45-30-34-47(35-31-45)53(51-39-37-49(55)41-43(51)4)27-22-20-18-16-14-12-10-8-6-2/h28-41,52-53H,5-27,54-55H2,1-4H3. The van der Waals surface area contributed by atoms with Crippen LogP contribution in [0.3, 0.4) is 0 Å². The van der Waals surface area contributed by atoms with Gasteiger partial charge in [-0.25, -0.2) is 0 Å². The molecule has 2 nitrogen and oxygen atoms in total. The van der Waals surface area contributed by atoms with Crippen molar-refractivity contribution in [2.24, 2.45) is 0 Å². The smallest absolute Gasteiger partial charge is 0.0316 e. The van der Waals surface area contributed by atoms with Crippen LogP contribution in [-0.4, -0.2) is 0 Å². The largest absolute Gasteiger partial charge is 0.399 e. The summed E-state index contributed by atoms with van der Waals surface area (Å²) in [6.07, 6.45) is 30.4. The molecule has 4 rings (SSSR count). The number of aryl methyl sites for hydroxylation is 4. The summed E-state index contributed by atoms with van der Waals surface area (Å²) in [5, 5.41) is 0. The first kappa shape index (κ1) is 44.2. The number of hydrogen-bond donors (Lipinski definition) is 2. The lowest BCUT2D eigenvalue weighted by atomic mass is 9.83. The molecular formula is C53H78N2. The van der Waals surface area contributed by atoms with E-state index in [1.165, 1.54) is 173 Å². The van der Waals surface area contributed by atoms with Crippen LogP contribution in [0.4, 0.5) is 11.4 Å². The molecule has 2 atom stereocenters. The van der Waals surface area contributed by atoms with Gasteiger partial charge in [-0.05, 0) is 115 Å². The molecule has 0 amide bonds. The Balaban J connectivity index is 1.30. The second kappa shape index (κ2) is 25.6. The summed E-state index contributed by atoms with van der Waals surface area (Å²) in [4.78, 5) is 0. The number of anilines is 2. The van der Waals surface area contributed by atoms with Gasteiger partial charge in [0.1, 0.15) is 0 Å². The second-order valence-electron chi connectivity index (χ2n) is 16.9. The maximum Gasteiger partial charge on any atom is 0.0316 e. The molecule has 0 spiro atoms. The molecule has 0 saturated heterocycles. The second-order valence-corrected chi connectivity index (χ2v) is 16.9. The van der Waals surface area contributed by atoms with Crippen LogP contribution in [0.2, 0.25) is 0 Å². The molecule has 0 aliphatic heterocycles. The topological polar surface area (TPSA) is 52.0 Å². The first-order valence-corrected chi connectivity index (χ1v) is 22.8. The zero-order chi connectivity index (χ0) is 39.1. The Labute approximate surface area is 338 Å². The fourth-order valence-electron chi connectivity index (χ4n) is 8.83. The van der Waals surface area contributed by atoms with Crippen molar-refractivity contribution in [2.45, 2.75) is 187 Å². The van der Waals surface area contributed by atoms with Gasteiger partial charge in [0.2, 0.25) is 0 Å². The van der Waals surface area contributed by atoms with Crippen LogP contribution in [0.15, 0.2) is 84.9 Å². The normalized spacial score (nSPS) is 12.6. The molecular weight excluding hydrogens is 665 g/mol. The zero-order valence-electron chi connectivity index (χ0n) is 35.7. The minimum atomic E-state index is 0.430. The predicted molar refractivity (Wildman–Crippen MR) is 243 cm³/mol. The molecule has 4 aromatic rings. The third-order valence-electron chi connectivity index (χ3n) is 12.2. The van der Waals surface area contributed by atoms with Gasteiger partial charge in [-0.3, -0.25) is 0 Å². The highest BCUT2D eigenvalue weighted by atomic mass is 14.5. The van der Waals surface area contributed by atoms with Crippen molar-refractivity contribution in [3.8, 4) is 0 Å². The fraction of sp³-hybridized carbons (Fsp3) is 0.547.